The highest BCUT2D eigenvalue weighted by atomic mass is 19.3. The third-order valence-electron chi connectivity index (χ3n) is 2.52. The lowest BCUT2D eigenvalue weighted by Gasteiger charge is -2.21. The molecule has 0 radical (unpaired) electrons. The second-order valence-corrected chi connectivity index (χ2v) is 4.35. The third kappa shape index (κ3) is 4.65. The minimum Gasteiger partial charge on any atom is -0.493 e. The Bertz CT molecular complexity index is 399. The topological polar surface area (TPSA) is 50.7 Å². The van der Waals surface area contributed by atoms with Crippen LogP contribution in [0.4, 0.5) is 8.78 Å². The number of nitrogens with one attached hydrogen (secondary N) is 1. The maximum Gasteiger partial charge on any atom is 0.387 e. The molecule has 1 aromatic carbocycles. The maximum atomic E-state index is 12.3. The number of hydrogen-bond donors (Lipinski definition) is 2. The quantitative estimate of drug-likeness (QED) is 0.802. The second-order valence-electron chi connectivity index (χ2n) is 4.35. The van der Waals surface area contributed by atoms with Crippen LogP contribution in [-0.2, 0) is 0 Å². The van der Waals surface area contributed by atoms with Crippen molar-refractivity contribution in [1.29, 1.82) is 0 Å². The van der Waals surface area contributed by atoms with E-state index >= 15 is 0 Å². The van der Waals surface area contributed by atoms with Crippen molar-refractivity contribution in [3.63, 3.8) is 0 Å². The fourth-order valence-electron chi connectivity index (χ4n) is 1.75. The Morgan fingerprint density at radius 3 is 2.42 bits per heavy atom. The number of ether oxygens (including phenoxy) is 2. The first-order chi connectivity index (χ1) is 8.97. The lowest BCUT2D eigenvalue weighted by molar-refractivity contribution is -0.0512. The van der Waals surface area contributed by atoms with E-state index in [2.05, 4.69) is 10.1 Å². The molecular weight excluding hydrogens is 256 g/mol. The van der Waals surface area contributed by atoms with Gasteiger partial charge in [0.15, 0.2) is 11.5 Å². The molecule has 0 heterocycles. The maximum absolute atomic E-state index is 12.3. The Kier molecular flexibility index (Phi) is 5.98. The summed E-state index contributed by atoms with van der Waals surface area (Å²) in [6.07, 6.45) is 0. The van der Waals surface area contributed by atoms with E-state index in [4.69, 9.17) is 4.74 Å². The van der Waals surface area contributed by atoms with Gasteiger partial charge in [0.2, 0.25) is 0 Å². The number of benzene rings is 1. The van der Waals surface area contributed by atoms with Gasteiger partial charge in [-0.2, -0.15) is 8.78 Å². The summed E-state index contributed by atoms with van der Waals surface area (Å²) in [4.78, 5) is 0. The van der Waals surface area contributed by atoms with E-state index in [1.807, 2.05) is 13.8 Å². The van der Waals surface area contributed by atoms with Crippen molar-refractivity contribution in [2.75, 3.05) is 13.7 Å². The minimum absolute atomic E-state index is 0.0426. The zero-order chi connectivity index (χ0) is 14.4. The molecule has 0 aliphatic heterocycles. The molecule has 1 rings (SSSR count). The van der Waals surface area contributed by atoms with Gasteiger partial charge in [0.1, 0.15) is 0 Å². The lowest BCUT2D eigenvalue weighted by Crippen LogP contribution is -2.30. The summed E-state index contributed by atoms with van der Waals surface area (Å²) in [5.41, 5.74) is 0.660. The van der Waals surface area contributed by atoms with Crippen LogP contribution in [0.1, 0.15) is 25.5 Å². The molecule has 0 aromatic heterocycles. The number of halogens is 2. The summed E-state index contributed by atoms with van der Waals surface area (Å²) >= 11 is 0. The van der Waals surface area contributed by atoms with Gasteiger partial charge in [-0.05, 0) is 17.7 Å². The molecule has 0 fully saturated rings. The predicted octanol–water partition coefficient (Wildman–Crippen LogP) is 2.33. The zero-order valence-corrected chi connectivity index (χ0v) is 11.2. The monoisotopic (exact) mass is 275 g/mol. The fourth-order valence-corrected chi connectivity index (χ4v) is 1.75. The van der Waals surface area contributed by atoms with E-state index in [0.29, 0.717) is 5.56 Å². The van der Waals surface area contributed by atoms with Crippen LogP contribution in [0.5, 0.6) is 11.5 Å². The molecule has 0 saturated heterocycles. The molecule has 1 unspecified atom stereocenters. The van der Waals surface area contributed by atoms with Crippen molar-refractivity contribution >= 4 is 0 Å². The van der Waals surface area contributed by atoms with E-state index in [1.165, 1.54) is 19.2 Å². The van der Waals surface area contributed by atoms with E-state index in [9.17, 15) is 13.9 Å². The average Bonchev–Trinajstić information content (AvgIpc) is 2.35. The smallest absolute Gasteiger partial charge is 0.387 e. The van der Waals surface area contributed by atoms with Gasteiger partial charge in [0, 0.05) is 6.04 Å². The molecule has 19 heavy (non-hydrogen) atoms. The van der Waals surface area contributed by atoms with Crippen molar-refractivity contribution in [3.8, 4) is 11.5 Å². The van der Waals surface area contributed by atoms with Crippen LogP contribution in [0.3, 0.4) is 0 Å². The van der Waals surface area contributed by atoms with Crippen molar-refractivity contribution < 1.29 is 23.4 Å². The third-order valence-corrected chi connectivity index (χ3v) is 2.52. The molecule has 6 heteroatoms. The van der Waals surface area contributed by atoms with Crippen LogP contribution in [0, 0.1) is 0 Å². The summed E-state index contributed by atoms with van der Waals surface area (Å²) in [5.74, 6) is 0.185. The molecule has 0 saturated carbocycles. The van der Waals surface area contributed by atoms with Crippen LogP contribution < -0.4 is 14.8 Å². The number of methoxy groups -OCH3 is 1. The van der Waals surface area contributed by atoms with Gasteiger partial charge in [0.05, 0.1) is 19.8 Å². The highest BCUT2D eigenvalue weighted by molar-refractivity contribution is 5.44. The first-order valence-electron chi connectivity index (χ1n) is 5.97. The zero-order valence-electron chi connectivity index (χ0n) is 11.2. The van der Waals surface area contributed by atoms with Gasteiger partial charge in [0.25, 0.3) is 0 Å². The van der Waals surface area contributed by atoms with Crippen LogP contribution in [-0.4, -0.2) is 31.5 Å². The van der Waals surface area contributed by atoms with Gasteiger partial charge in [-0.3, -0.25) is 0 Å². The predicted molar refractivity (Wildman–Crippen MR) is 67.7 cm³/mol. The van der Waals surface area contributed by atoms with E-state index in [1.54, 1.807) is 6.07 Å². The molecule has 1 atom stereocenters. The molecule has 4 nitrogen and oxygen atoms in total. The van der Waals surface area contributed by atoms with Crippen LogP contribution in [0.15, 0.2) is 18.2 Å². The second kappa shape index (κ2) is 7.25. The van der Waals surface area contributed by atoms with Gasteiger partial charge in [-0.25, -0.2) is 0 Å². The summed E-state index contributed by atoms with van der Waals surface area (Å²) in [5, 5.41) is 12.5. The minimum atomic E-state index is -2.92. The van der Waals surface area contributed by atoms with Gasteiger partial charge >= 0.3 is 6.61 Å². The van der Waals surface area contributed by atoms with Crippen LogP contribution in [0.25, 0.3) is 0 Å². The molecule has 0 aliphatic carbocycles. The molecular formula is C13H19F2NO3. The van der Waals surface area contributed by atoms with Gasteiger partial charge in [-0.15, -0.1) is 0 Å². The first kappa shape index (κ1) is 15.7. The summed E-state index contributed by atoms with van der Waals surface area (Å²) in [6.45, 7) is 0.805. The SMILES string of the molecule is COc1ccc(C(CO)NC(C)C)cc1OC(F)F. The standard InChI is InChI=1S/C13H19F2NO3/c1-8(2)16-10(7-17)9-4-5-11(18-3)12(6-9)19-13(14)15/h4-6,8,10,13,16-17H,7H2,1-3H3. The van der Waals surface area contributed by atoms with Gasteiger partial charge < -0.3 is 19.9 Å². The van der Waals surface area contributed by atoms with Crippen molar-refractivity contribution in [2.24, 2.45) is 0 Å². The van der Waals surface area contributed by atoms with E-state index < -0.39 is 6.61 Å². The van der Waals surface area contributed by atoms with E-state index in [-0.39, 0.29) is 30.2 Å². The number of rotatable bonds is 7. The summed E-state index contributed by atoms with van der Waals surface area (Å²) in [7, 11) is 1.38. The molecule has 108 valence electrons. The Balaban J connectivity index is 3.01. The molecule has 0 spiro atoms. The Hall–Kier alpha value is -1.40. The van der Waals surface area contributed by atoms with Gasteiger partial charge in [-0.1, -0.05) is 19.9 Å². The van der Waals surface area contributed by atoms with Crippen LogP contribution in [0.2, 0.25) is 0 Å². The first-order valence-corrected chi connectivity index (χ1v) is 5.97. The molecule has 1 aromatic rings. The highest BCUT2D eigenvalue weighted by Crippen LogP contribution is 2.31. The average molecular weight is 275 g/mol. The fraction of sp³-hybridized carbons (Fsp3) is 0.538. The Labute approximate surface area is 111 Å². The normalized spacial score (nSPS) is 12.8. The molecule has 0 amide bonds. The molecule has 2 N–H and O–H groups in total. The highest BCUT2D eigenvalue weighted by Gasteiger charge is 2.16. The Morgan fingerprint density at radius 1 is 1.26 bits per heavy atom. The number of aliphatic hydroxyl groups is 1. The number of alkyl halides is 2. The van der Waals surface area contributed by atoms with E-state index in [0.717, 1.165) is 0 Å². The Morgan fingerprint density at radius 2 is 1.95 bits per heavy atom. The van der Waals surface area contributed by atoms with Crippen molar-refractivity contribution in [3.05, 3.63) is 23.8 Å². The molecule has 0 bridgehead atoms. The number of hydrogen-bond acceptors (Lipinski definition) is 4. The summed E-state index contributed by atoms with van der Waals surface area (Å²) < 4.78 is 34.0. The summed E-state index contributed by atoms with van der Waals surface area (Å²) in [6, 6.07) is 4.50. The largest absolute Gasteiger partial charge is 0.493 e. The van der Waals surface area contributed by atoms with Crippen molar-refractivity contribution in [1.82, 2.24) is 5.32 Å². The number of aliphatic hydroxyl groups excluding tert-OH is 1. The molecule has 0 aliphatic rings. The van der Waals surface area contributed by atoms with Crippen molar-refractivity contribution in [2.45, 2.75) is 32.5 Å². The van der Waals surface area contributed by atoms with Crippen LogP contribution >= 0.6 is 0 Å². The lowest BCUT2D eigenvalue weighted by atomic mass is 10.1.